The molecule has 2 rings (SSSR count). The maximum absolute atomic E-state index is 12.3. The average Bonchev–Trinajstić information content (AvgIpc) is 2.49. The van der Waals surface area contributed by atoms with Gasteiger partial charge in [0.15, 0.2) is 0 Å². The number of aliphatic carboxylic acids is 1. The van der Waals surface area contributed by atoms with Gasteiger partial charge in [-0.3, -0.25) is 4.79 Å². The number of carbonyl (C=O) groups is 2. The number of likely N-dealkylation sites (tertiary alicyclic amines) is 1. The molecule has 0 bridgehead atoms. The number of hydrogen-bond acceptors (Lipinski definition) is 2. The molecule has 2 atom stereocenters. The van der Waals surface area contributed by atoms with Crippen molar-refractivity contribution in [3.8, 4) is 0 Å². The van der Waals surface area contributed by atoms with E-state index in [9.17, 15) is 9.59 Å². The second-order valence-corrected chi connectivity index (χ2v) is 6.62. The van der Waals surface area contributed by atoms with Crippen LogP contribution in [0.2, 0.25) is 0 Å². The Labute approximate surface area is 138 Å². The van der Waals surface area contributed by atoms with E-state index < -0.39 is 11.9 Å². The van der Waals surface area contributed by atoms with Crippen LogP contribution in [-0.2, 0) is 11.2 Å². The van der Waals surface area contributed by atoms with Crippen LogP contribution >= 0.6 is 15.9 Å². The molecule has 1 aromatic carbocycles. The van der Waals surface area contributed by atoms with Gasteiger partial charge in [-0.15, -0.1) is 0 Å². The zero-order valence-electron chi connectivity index (χ0n) is 12.6. The fourth-order valence-electron chi connectivity index (χ4n) is 2.71. The molecule has 0 radical (unpaired) electrons. The summed E-state index contributed by atoms with van der Waals surface area (Å²) in [4.78, 5) is 24.9. The molecule has 6 heteroatoms. The Balaban J connectivity index is 1.88. The predicted octanol–water partition coefficient (Wildman–Crippen LogP) is 2.89. The third kappa shape index (κ3) is 4.47. The van der Waals surface area contributed by atoms with Crippen LogP contribution in [0.4, 0.5) is 4.79 Å². The van der Waals surface area contributed by atoms with Gasteiger partial charge in [0.1, 0.15) is 0 Å². The highest BCUT2D eigenvalue weighted by Crippen LogP contribution is 2.19. The third-order valence-corrected chi connectivity index (χ3v) is 4.69. The third-order valence-electron chi connectivity index (χ3n) is 3.91. The van der Waals surface area contributed by atoms with E-state index >= 15 is 0 Å². The highest BCUT2D eigenvalue weighted by molar-refractivity contribution is 9.10. The van der Waals surface area contributed by atoms with Gasteiger partial charge in [-0.25, -0.2) is 4.79 Å². The highest BCUT2D eigenvalue weighted by Gasteiger charge is 2.28. The van der Waals surface area contributed by atoms with Crippen LogP contribution in [0.15, 0.2) is 28.7 Å². The van der Waals surface area contributed by atoms with Crippen LogP contribution in [-0.4, -0.2) is 41.1 Å². The molecule has 0 saturated carbocycles. The molecule has 1 aromatic rings. The van der Waals surface area contributed by atoms with E-state index in [1.54, 1.807) is 4.90 Å². The molecule has 2 unspecified atom stereocenters. The monoisotopic (exact) mass is 368 g/mol. The van der Waals surface area contributed by atoms with Crippen molar-refractivity contribution in [3.05, 3.63) is 34.3 Å². The number of rotatable bonds is 4. The van der Waals surface area contributed by atoms with Crippen molar-refractivity contribution >= 4 is 27.9 Å². The van der Waals surface area contributed by atoms with Crippen LogP contribution in [0.5, 0.6) is 0 Å². The molecule has 0 spiro atoms. The first-order valence-corrected chi connectivity index (χ1v) is 8.28. The summed E-state index contributed by atoms with van der Waals surface area (Å²) >= 11 is 3.50. The molecule has 1 saturated heterocycles. The van der Waals surface area contributed by atoms with Crippen molar-refractivity contribution in [1.82, 2.24) is 10.2 Å². The van der Waals surface area contributed by atoms with Crippen molar-refractivity contribution < 1.29 is 14.7 Å². The zero-order valence-corrected chi connectivity index (χ0v) is 14.2. The number of carbonyl (C=O) groups excluding carboxylic acids is 1. The van der Waals surface area contributed by atoms with Crippen molar-refractivity contribution in [2.24, 2.45) is 5.92 Å². The molecule has 2 N–H and O–H groups in total. The Morgan fingerprint density at radius 3 is 2.86 bits per heavy atom. The molecule has 0 aromatic heterocycles. The number of carboxylic acid groups (broad SMARTS) is 1. The number of amides is 2. The van der Waals surface area contributed by atoms with Gasteiger partial charge in [0.25, 0.3) is 0 Å². The first kappa shape index (κ1) is 16.8. The Morgan fingerprint density at radius 2 is 2.18 bits per heavy atom. The summed E-state index contributed by atoms with van der Waals surface area (Å²) in [5.41, 5.74) is 1.14. The van der Waals surface area contributed by atoms with Crippen LogP contribution in [0.3, 0.4) is 0 Å². The lowest BCUT2D eigenvalue weighted by Gasteiger charge is -2.31. The van der Waals surface area contributed by atoms with Gasteiger partial charge in [-0.2, -0.15) is 0 Å². The SMILES string of the molecule is CC(Cc1ccccc1Br)NC(=O)N1CCCC(C(=O)O)C1. The summed E-state index contributed by atoms with van der Waals surface area (Å²) in [6, 6.07) is 7.73. The number of halogens is 1. The fraction of sp³-hybridized carbons (Fsp3) is 0.500. The summed E-state index contributed by atoms with van der Waals surface area (Å²) < 4.78 is 1.03. The minimum absolute atomic E-state index is 0.0172. The number of hydrogen-bond donors (Lipinski definition) is 2. The van der Waals surface area contributed by atoms with Gasteiger partial charge in [-0.1, -0.05) is 34.1 Å². The second-order valence-electron chi connectivity index (χ2n) is 5.77. The summed E-state index contributed by atoms with van der Waals surface area (Å²) in [5, 5.41) is 12.0. The van der Waals surface area contributed by atoms with E-state index in [4.69, 9.17) is 5.11 Å². The number of nitrogens with one attached hydrogen (secondary N) is 1. The molecular weight excluding hydrogens is 348 g/mol. The lowest BCUT2D eigenvalue weighted by molar-refractivity contribution is -0.143. The van der Waals surface area contributed by atoms with Gasteiger partial charge in [0, 0.05) is 23.6 Å². The maximum Gasteiger partial charge on any atom is 0.317 e. The van der Waals surface area contributed by atoms with Gasteiger partial charge in [0.2, 0.25) is 0 Å². The topological polar surface area (TPSA) is 69.6 Å². The molecule has 1 heterocycles. The minimum atomic E-state index is -0.821. The van der Waals surface area contributed by atoms with Crippen molar-refractivity contribution in [3.63, 3.8) is 0 Å². The van der Waals surface area contributed by atoms with E-state index in [0.29, 0.717) is 19.5 Å². The fourth-order valence-corrected chi connectivity index (χ4v) is 3.16. The van der Waals surface area contributed by atoms with E-state index in [1.807, 2.05) is 31.2 Å². The van der Waals surface area contributed by atoms with Crippen LogP contribution in [0.25, 0.3) is 0 Å². The summed E-state index contributed by atoms with van der Waals surface area (Å²) in [7, 11) is 0. The van der Waals surface area contributed by atoms with Gasteiger partial charge in [0.05, 0.1) is 5.92 Å². The normalized spacial score (nSPS) is 19.5. The smallest absolute Gasteiger partial charge is 0.317 e. The van der Waals surface area contributed by atoms with Crippen molar-refractivity contribution in [2.75, 3.05) is 13.1 Å². The molecule has 1 fully saturated rings. The van der Waals surface area contributed by atoms with Crippen LogP contribution < -0.4 is 5.32 Å². The van der Waals surface area contributed by atoms with E-state index in [0.717, 1.165) is 22.9 Å². The number of piperidine rings is 1. The van der Waals surface area contributed by atoms with E-state index in [2.05, 4.69) is 21.2 Å². The quantitative estimate of drug-likeness (QED) is 0.858. The second kappa shape index (κ2) is 7.63. The Morgan fingerprint density at radius 1 is 1.45 bits per heavy atom. The minimum Gasteiger partial charge on any atom is -0.481 e. The molecule has 1 aliphatic rings. The average molecular weight is 369 g/mol. The first-order chi connectivity index (χ1) is 10.5. The van der Waals surface area contributed by atoms with Crippen molar-refractivity contribution in [1.29, 1.82) is 0 Å². The van der Waals surface area contributed by atoms with Gasteiger partial charge < -0.3 is 15.3 Å². The predicted molar refractivity (Wildman–Crippen MR) is 87.8 cm³/mol. The zero-order chi connectivity index (χ0) is 16.1. The molecule has 5 nitrogen and oxygen atoms in total. The maximum atomic E-state index is 12.3. The number of benzene rings is 1. The van der Waals surface area contributed by atoms with Gasteiger partial charge in [-0.05, 0) is 37.8 Å². The Bertz CT molecular complexity index is 550. The lowest BCUT2D eigenvalue weighted by atomic mass is 9.98. The Kier molecular flexibility index (Phi) is 5.83. The summed E-state index contributed by atoms with van der Waals surface area (Å²) in [6.07, 6.45) is 2.11. The standard InChI is InChI=1S/C16H21BrN2O3/c1-11(9-12-5-2-3-7-14(12)17)18-16(22)19-8-4-6-13(10-19)15(20)21/h2-3,5,7,11,13H,4,6,8-10H2,1H3,(H,18,22)(H,20,21). The summed E-state index contributed by atoms with van der Waals surface area (Å²) in [6.45, 7) is 2.87. The summed E-state index contributed by atoms with van der Waals surface area (Å²) in [5.74, 6) is -1.27. The largest absolute Gasteiger partial charge is 0.481 e. The van der Waals surface area contributed by atoms with Crippen molar-refractivity contribution in [2.45, 2.75) is 32.2 Å². The number of urea groups is 1. The molecule has 22 heavy (non-hydrogen) atoms. The lowest BCUT2D eigenvalue weighted by Crippen LogP contribution is -2.49. The van der Waals surface area contributed by atoms with E-state index in [1.165, 1.54) is 0 Å². The van der Waals surface area contributed by atoms with Crippen LogP contribution in [0, 0.1) is 5.92 Å². The molecular formula is C16H21BrN2O3. The molecule has 1 aliphatic heterocycles. The first-order valence-electron chi connectivity index (χ1n) is 7.49. The highest BCUT2D eigenvalue weighted by atomic mass is 79.9. The Hall–Kier alpha value is -1.56. The molecule has 120 valence electrons. The van der Waals surface area contributed by atoms with Crippen LogP contribution in [0.1, 0.15) is 25.3 Å². The molecule has 0 aliphatic carbocycles. The number of carboxylic acids is 1. The molecule has 2 amide bonds. The van der Waals surface area contributed by atoms with Gasteiger partial charge >= 0.3 is 12.0 Å². The number of nitrogens with zero attached hydrogens (tertiary/aromatic N) is 1. The van der Waals surface area contributed by atoms with E-state index in [-0.39, 0.29) is 12.1 Å².